The Balaban J connectivity index is 2.00. The summed E-state index contributed by atoms with van der Waals surface area (Å²) in [6.45, 7) is 1.79. The van der Waals surface area contributed by atoms with Crippen molar-refractivity contribution in [1.29, 1.82) is 0 Å². The highest BCUT2D eigenvalue weighted by molar-refractivity contribution is 5.86. The third-order valence-corrected chi connectivity index (χ3v) is 3.11. The molecule has 108 valence electrons. The van der Waals surface area contributed by atoms with Gasteiger partial charge in [-0.15, -0.1) is 0 Å². The number of rotatable bonds is 3. The lowest BCUT2D eigenvalue weighted by atomic mass is 10.1. The maximum atomic E-state index is 13.6. The normalized spacial score (nSPS) is 20.1. The fourth-order valence-electron chi connectivity index (χ4n) is 1.99. The molecule has 2 atom stereocenters. The van der Waals surface area contributed by atoms with E-state index in [1.54, 1.807) is 6.92 Å². The van der Waals surface area contributed by atoms with Crippen molar-refractivity contribution in [3.05, 3.63) is 35.4 Å². The summed E-state index contributed by atoms with van der Waals surface area (Å²) in [6.07, 6.45) is 0. The molecule has 2 rings (SSSR count). The number of piperazine rings is 1. The first-order valence-electron chi connectivity index (χ1n) is 6.23. The summed E-state index contributed by atoms with van der Waals surface area (Å²) in [7, 11) is 0. The van der Waals surface area contributed by atoms with Gasteiger partial charge < -0.3 is 10.6 Å². The Morgan fingerprint density at radius 3 is 2.85 bits per heavy atom. The predicted molar refractivity (Wildman–Crippen MR) is 67.7 cm³/mol. The van der Waals surface area contributed by atoms with E-state index in [4.69, 9.17) is 0 Å². The number of nitrogens with one attached hydrogen (secondary N) is 3. The number of hydrogen-bond donors (Lipinski definition) is 3. The van der Waals surface area contributed by atoms with Gasteiger partial charge in [0.2, 0.25) is 11.8 Å². The van der Waals surface area contributed by atoms with Gasteiger partial charge in [0.15, 0.2) is 0 Å². The molecule has 20 heavy (non-hydrogen) atoms. The largest absolute Gasteiger partial charge is 0.353 e. The Hall–Kier alpha value is -2.02. The summed E-state index contributed by atoms with van der Waals surface area (Å²) in [4.78, 5) is 22.9. The fourth-order valence-corrected chi connectivity index (χ4v) is 1.99. The average Bonchev–Trinajstić information content (AvgIpc) is 2.42. The molecule has 0 radical (unpaired) electrons. The van der Waals surface area contributed by atoms with Crippen molar-refractivity contribution >= 4 is 11.8 Å². The minimum Gasteiger partial charge on any atom is -0.353 e. The first-order valence-corrected chi connectivity index (χ1v) is 6.23. The average molecular weight is 283 g/mol. The van der Waals surface area contributed by atoms with Gasteiger partial charge in [0.05, 0.1) is 12.6 Å². The molecule has 1 fully saturated rings. The van der Waals surface area contributed by atoms with Crippen LogP contribution < -0.4 is 16.0 Å². The SMILES string of the molecule is CC(NC(=O)C1CNC(=O)CN1)c1cc(F)ccc1F. The molecule has 0 bridgehead atoms. The Morgan fingerprint density at radius 1 is 1.45 bits per heavy atom. The molecule has 5 nitrogen and oxygen atoms in total. The van der Waals surface area contributed by atoms with Crippen molar-refractivity contribution in [3.8, 4) is 0 Å². The van der Waals surface area contributed by atoms with Crippen molar-refractivity contribution in [2.75, 3.05) is 13.1 Å². The van der Waals surface area contributed by atoms with Gasteiger partial charge >= 0.3 is 0 Å². The van der Waals surface area contributed by atoms with E-state index in [1.165, 1.54) is 0 Å². The Kier molecular flexibility index (Phi) is 4.29. The van der Waals surface area contributed by atoms with Crippen molar-refractivity contribution in [2.24, 2.45) is 0 Å². The van der Waals surface area contributed by atoms with Gasteiger partial charge in [-0.1, -0.05) is 0 Å². The van der Waals surface area contributed by atoms with Crippen molar-refractivity contribution in [1.82, 2.24) is 16.0 Å². The zero-order valence-corrected chi connectivity index (χ0v) is 10.9. The van der Waals surface area contributed by atoms with E-state index in [-0.39, 0.29) is 30.5 Å². The van der Waals surface area contributed by atoms with Crippen LogP contribution in [0.15, 0.2) is 18.2 Å². The summed E-state index contributed by atoms with van der Waals surface area (Å²) in [5.41, 5.74) is 0.0817. The molecule has 0 spiro atoms. The third kappa shape index (κ3) is 3.30. The summed E-state index contributed by atoms with van der Waals surface area (Å²) >= 11 is 0. The van der Waals surface area contributed by atoms with Gasteiger partial charge in [-0.05, 0) is 25.1 Å². The van der Waals surface area contributed by atoms with Crippen LogP contribution in [0.5, 0.6) is 0 Å². The van der Waals surface area contributed by atoms with Crippen molar-refractivity contribution in [3.63, 3.8) is 0 Å². The Bertz CT molecular complexity index is 526. The van der Waals surface area contributed by atoms with Crippen LogP contribution in [-0.2, 0) is 9.59 Å². The van der Waals surface area contributed by atoms with Crippen LogP contribution in [0.4, 0.5) is 8.78 Å². The quantitative estimate of drug-likeness (QED) is 0.744. The van der Waals surface area contributed by atoms with Crippen LogP contribution in [0.1, 0.15) is 18.5 Å². The van der Waals surface area contributed by atoms with E-state index in [0.29, 0.717) is 0 Å². The standard InChI is InChI=1S/C13H15F2N3O2/c1-7(9-4-8(14)2-3-10(9)15)18-13(20)11-5-17-12(19)6-16-11/h2-4,7,11,16H,5-6H2,1H3,(H,17,19)(H,18,20). The molecular weight excluding hydrogens is 268 g/mol. The molecule has 1 aromatic rings. The first kappa shape index (κ1) is 14.4. The molecule has 2 amide bonds. The Labute approximate surface area is 114 Å². The van der Waals surface area contributed by atoms with Gasteiger partial charge in [0.25, 0.3) is 0 Å². The first-order chi connectivity index (χ1) is 9.47. The van der Waals surface area contributed by atoms with Crippen molar-refractivity contribution in [2.45, 2.75) is 19.0 Å². The molecule has 3 N–H and O–H groups in total. The van der Waals surface area contributed by atoms with Crippen LogP contribution in [0, 0.1) is 11.6 Å². The molecule has 2 unspecified atom stereocenters. The van der Waals surface area contributed by atoms with Gasteiger partial charge in [0, 0.05) is 12.1 Å². The minimum atomic E-state index is -0.669. The van der Waals surface area contributed by atoms with E-state index in [2.05, 4.69) is 16.0 Å². The monoisotopic (exact) mass is 283 g/mol. The van der Waals surface area contributed by atoms with Crippen LogP contribution in [0.25, 0.3) is 0 Å². The fraction of sp³-hybridized carbons (Fsp3) is 0.385. The lowest BCUT2D eigenvalue weighted by Crippen LogP contribution is -2.58. The van der Waals surface area contributed by atoms with Crippen LogP contribution in [0.3, 0.4) is 0 Å². The number of halogens is 2. The molecule has 1 aromatic carbocycles. The molecule has 0 aromatic heterocycles. The molecule has 7 heteroatoms. The maximum Gasteiger partial charge on any atom is 0.239 e. The van der Waals surface area contributed by atoms with E-state index >= 15 is 0 Å². The number of carbonyl (C=O) groups is 2. The molecule has 1 aliphatic heterocycles. The summed E-state index contributed by atoms with van der Waals surface area (Å²) in [5.74, 6) is -1.70. The number of carbonyl (C=O) groups excluding carboxylic acids is 2. The highest BCUT2D eigenvalue weighted by Crippen LogP contribution is 2.18. The molecule has 1 aliphatic rings. The van der Waals surface area contributed by atoms with Gasteiger partial charge in [-0.3, -0.25) is 14.9 Å². The predicted octanol–water partition coefficient (Wildman–Crippen LogP) is 0.230. The van der Waals surface area contributed by atoms with Gasteiger partial charge in [-0.25, -0.2) is 8.78 Å². The highest BCUT2D eigenvalue weighted by Gasteiger charge is 2.25. The van der Waals surface area contributed by atoms with Gasteiger partial charge in [0.1, 0.15) is 17.7 Å². The summed E-state index contributed by atoms with van der Waals surface area (Å²) in [6, 6.07) is 1.85. The molecule has 1 saturated heterocycles. The summed E-state index contributed by atoms with van der Waals surface area (Å²) in [5, 5.41) is 7.90. The molecule has 0 aliphatic carbocycles. The van der Waals surface area contributed by atoms with Crippen molar-refractivity contribution < 1.29 is 18.4 Å². The van der Waals surface area contributed by atoms with E-state index in [9.17, 15) is 18.4 Å². The number of hydrogen-bond acceptors (Lipinski definition) is 3. The topological polar surface area (TPSA) is 70.2 Å². The Morgan fingerprint density at radius 2 is 2.20 bits per heavy atom. The maximum absolute atomic E-state index is 13.6. The minimum absolute atomic E-state index is 0.0563. The van der Waals surface area contributed by atoms with E-state index in [1.807, 2.05) is 0 Å². The molecule has 1 heterocycles. The highest BCUT2D eigenvalue weighted by atomic mass is 19.1. The van der Waals surface area contributed by atoms with E-state index < -0.39 is 23.7 Å². The molecular formula is C13H15F2N3O2. The zero-order chi connectivity index (χ0) is 14.7. The lowest BCUT2D eigenvalue weighted by Gasteiger charge is -2.25. The smallest absolute Gasteiger partial charge is 0.239 e. The lowest BCUT2D eigenvalue weighted by molar-refractivity contribution is -0.127. The number of amides is 2. The number of benzene rings is 1. The van der Waals surface area contributed by atoms with Crippen LogP contribution >= 0.6 is 0 Å². The second-order valence-electron chi connectivity index (χ2n) is 4.63. The van der Waals surface area contributed by atoms with Crippen LogP contribution in [-0.4, -0.2) is 30.9 Å². The second-order valence-corrected chi connectivity index (χ2v) is 4.63. The summed E-state index contributed by atoms with van der Waals surface area (Å²) < 4.78 is 26.7. The van der Waals surface area contributed by atoms with Crippen LogP contribution in [0.2, 0.25) is 0 Å². The van der Waals surface area contributed by atoms with E-state index in [0.717, 1.165) is 18.2 Å². The molecule has 0 saturated carbocycles. The zero-order valence-electron chi connectivity index (χ0n) is 10.9. The second kappa shape index (κ2) is 5.96. The van der Waals surface area contributed by atoms with Gasteiger partial charge in [-0.2, -0.15) is 0 Å². The third-order valence-electron chi connectivity index (χ3n) is 3.11.